The first kappa shape index (κ1) is 17.0. The molecule has 0 unspecified atom stereocenters. The summed E-state index contributed by atoms with van der Waals surface area (Å²) in [6.45, 7) is 14.2. The molecule has 0 saturated heterocycles. The number of benzene rings is 2. The lowest BCUT2D eigenvalue weighted by Crippen LogP contribution is -2.40. The summed E-state index contributed by atoms with van der Waals surface area (Å²) < 4.78 is 6.31. The third kappa shape index (κ3) is 3.87. The van der Waals surface area contributed by atoms with Crippen molar-refractivity contribution in [1.29, 1.82) is 0 Å². The molecular weight excluding hydrogens is 284 g/mol. The molecule has 2 aromatic carbocycles. The van der Waals surface area contributed by atoms with E-state index in [9.17, 15) is 0 Å². The van der Waals surface area contributed by atoms with E-state index in [1.165, 1.54) is 22.3 Å². The molecule has 1 radical (unpaired) electrons. The van der Waals surface area contributed by atoms with Crippen LogP contribution in [0.5, 0.6) is 0 Å². The van der Waals surface area contributed by atoms with Gasteiger partial charge in [-0.3, -0.25) is 0 Å². The SMILES string of the molecule is Cc1cc(-c2ccccc2)c[c]c1CO[Si](C)(C)C(C)(C)C. The summed E-state index contributed by atoms with van der Waals surface area (Å²) in [6.07, 6.45) is 0. The third-order valence-corrected chi connectivity index (χ3v) is 9.22. The summed E-state index contributed by atoms with van der Waals surface area (Å²) in [5, 5.41) is 0.241. The topological polar surface area (TPSA) is 9.23 Å². The Morgan fingerprint density at radius 1 is 1.05 bits per heavy atom. The highest BCUT2D eigenvalue weighted by Crippen LogP contribution is 2.37. The first-order valence-corrected chi connectivity index (χ1v) is 10.8. The molecule has 1 nitrogen and oxygen atoms in total. The first-order chi connectivity index (χ1) is 10.2. The van der Waals surface area contributed by atoms with Crippen LogP contribution in [0.1, 0.15) is 31.9 Å². The average molecular weight is 312 g/mol. The van der Waals surface area contributed by atoms with Crippen LogP contribution in [0.2, 0.25) is 18.1 Å². The highest BCUT2D eigenvalue weighted by molar-refractivity contribution is 6.74. The van der Waals surface area contributed by atoms with Crippen molar-refractivity contribution < 1.29 is 4.43 Å². The smallest absolute Gasteiger partial charge is 0.192 e. The molecule has 2 aromatic rings. The molecule has 22 heavy (non-hydrogen) atoms. The van der Waals surface area contributed by atoms with Crippen molar-refractivity contribution in [2.75, 3.05) is 0 Å². The molecule has 0 aliphatic carbocycles. The molecule has 0 spiro atoms. The molecule has 0 heterocycles. The van der Waals surface area contributed by atoms with E-state index in [2.05, 4.69) is 83.3 Å². The third-order valence-electron chi connectivity index (χ3n) is 4.74. The maximum atomic E-state index is 6.31. The van der Waals surface area contributed by atoms with Crippen LogP contribution in [0.4, 0.5) is 0 Å². The molecule has 0 aromatic heterocycles. The average Bonchev–Trinajstić information content (AvgIpc) is 2.45. The lowest BCUT2D eigenvalue weighted by atomic mass is 10.0. The van der Waals surface area contributed by atoms with Gasteiger partial charge in [-0.25, -0.2) is 0 Å². The molecular formula is C20H27OSi. The molecule has 0 aliphatic heterocycles. The van der Waals surface area contributed by atoms with E-state index in [1.807, 2.05) is 6.07 Å². The lowest BCUT2D eigenvalue weighted by Gasteiger charge is -2.36. The minimum Gasteiger partial charge on any atom is -0.413 e. The second-order valence-corrected chi connectivity index (χ2v) is 12.3. The van der Waals surface area contributed by atoms with Gasteiger partial charge in [0.05, 0.1) is 6.61 Å². The van der Waals surface area contributed by atoms with E-state index in [0.29, 0.717) is 6.61 Å². The van der Waals surface area contributed by atoms with Crippen molar-refractivity contribution >= 4 is 8.32 Å². The van der Waals surface area contributed by atoms with Crippen molar-refractivity contribution in [3.05, 3.63) is 59.7 Å². The van der Waals surface area contributed by atoms with Crippen LogP contribution >= 0.6 is 0 Å². The van der Waals surface area contributed by atoms with Crippen LogP contribution in [0.3, 0.4) is 0 Å². The molecule has 0 aliphatic rings. The van der Waals surface area contributed by atoms with Crippen LogP contribution in [0, 0.1) is 13.0 Å². The summed E-state index contributed by atoms with van der Waals surface area (Å²) >= 11 is 0. The fraction of sp³-hybridized carbons (Fsp3) is 0.400. The van der Waals surface area contributed by atoms with Crippen molar-refractivity contribution in [2.45, 2.75) is 52.4 Å². The van der Waals surface area contributed by atoms with Gasteiger partial charge in [-0.05, 0) is 59.4 Å². The van der Waals surface area contributed by atoms with Crippen LogP contribution in [-0.2, 0) is 11.0 Å². The normalized spacial score (nSPS) is 12.5. The van der Waals surface area contributed by atoms with E-state index in [0.717, 1.165) is 0 Å². The van der Waals surface area contributed by atoms with Gasteiger partial charge in [-0.2, -0.15) is 0 Å². The van der Waals surface area contributed by atoms with E-state index >= 15 is 0 Å². The quantitative estimate of drug-likeness (QED) is 0.631. The highest BCUT2D eigenvalue weighted by atomic mass is 28.4. The van der Waals surface area contributed by atoms with Crippen molar-refractivity contribution in [1.82, 2.24) is 0 Å². The lowest BCUT2D eigenvalue weighted by molar-refractivity contribution is 0.275. The fourth-order valence-corrected chi connectivity index (χ4v) is 3.00. The Hall–Kier alpha value is -1.38. The molecule has 0 N–H and O–H groups in total. The van der Waals surface area contributed by atoms with Gasteiger partial charge in [0.2, 0.25) is 0 Å². The van der Waals surface area contributed by atoms with Gasteiger partial charge in [0.25, 0.3) is 0 Å². The first-order valence-electron chi connectivity index (χ1n) is 7.91. The number of hydrogen-bond donors (Lipinski definition) is 0. The van der Waals surface area contributed by atoms with Gasteiger partial charge in [0.1, 0.15) is 0 Å². The second-order valence-electron chi connectivity index (χ2n) is 7.46. The maximum Gasteiger partial charge on any atom is 0.192 e. The summed E-state index contributed by atoms with van der Waals surface area (Å²) in [7, 11) is -1.71. The zero-order chi connectivity index (χ0) is 16.4. The molecule has 0 fully saturated rings. The Morgan fingerprint density at radius 3 is 2.23 bits per heavy atom. The van der Waals surface area contributed by atoms with E-state index in [4.69, 9.17) is 4.43 Å². The van der Waals surface area contributed by atoms with Crippen LogP contribution in [-0.4, -0.2) is 8.32 Å². The van der Waals surface area contributed by atoms with Gasteiger partial charge >= 0.3 is 0 Å². The predicted octanol–water partition coefficient (Wildman–Crippen LogP) is 5.98. The molecule has 0 amide bonds. The number of aryl methyl sites for hydroxylation is 1. The predicted molar refractivity (Wildman–Crippen MR) is 97.4 cm³/mol. The van der Waals surface area contributed by atoms with E-state index < -0.39 is 8.32 Å². The van der Waals surface area contributed by atoms with Crippen molar-refractivity contribution in [3.8, 4) is 11.1 Å². The van der Waals surface area contributed by atoms with E-state index in [1.54, 1.807) is 0 Å². The molecule has 2 rings (SSSR count). The highest BCUT2D eigenvalue weighted by Gasteiger charge is 2.37. The van der Waals surface area contributed by atoms with Gasteiger partial charge in [-0.15, -0.1) is 0 Å². The summed E-state index contributed by atoms with van der Waals surface area (Å²) in [5.74, 6) is 0. The molecule has 0 saturated carbocycles. The number of rotatable bonds is 4. The minimum atomic E-state index is -1.71. The second kappa shape index (κ2) is 6.39. The van der Waals surface area contributed by atoms with Gasteiger partial charge in [0.15, 0.2) is 8.32 Å². The van der Waals surface area contributed by atoms with Gasteiger partial charge in [0, 0.05) is 0 Å². The largest absolute Gasteiger partial charge is 0.413 e. The summed E-state index contributed by atoms with van der Waals surface area (Å²) in [6, 6.07) is 18.2. The van der Waals surface area contributed by atoms with Gasteiger partial charge < -0.3 is 4.43 Å². The van der Waals surface area contributed by atoms with Crippen LogP contribution < -0.4 is 0 Å². The summed E-state index contributed by atoms with van der Waals surface area (Å²) in [4.78, 5) is 0. The molecule has 0 atom stereocenters. The standard InChI is InChI=1S/C20H27OSi/c1-16-14-18(17-10-8-7-9-11-17)12-13-19(16)15-21-22(5,6)20(2,3)4/h7-12,14H,15H2,1-6H3. The van der Waals surface area contributed by atoms with Crippen LogP contribution in [0.25, 0.3) is 11.1 Å². The monoisotopic (exact) mass is 311 g/mol. The zero-order valence-corrected chi connectivity index (χ0v) is 15.7. The Morgan fingerprint density at radius 2 is 1.68 bits per heavy atom. The van der Waals surface area contributed by atoms with Crippen LogP contribution in [0.15, 0.2) is 42.5 Å². The van der Waals surface area contributed by atoms with Crippen molar-refractivity contribution in [3.63, 3.8) is 0 Å². The van der Waals surface area contributed by atoms with E-state index in [-0.39, 0.29) is 5.04 Å². The Labute approximate surface area is 136 Å². The fourth-order valence-electron chi connectivity index (χ4n) is 2.06. The minimum absolute atomic E-state index is 0.241. The van der Waals surface area contributed by atoms with Gasteiger partial charge in [-0.1, -0.05) is 57.2 Å². The molecule has 0 bridgehead atoms. The zero-order valence-electron chi connectivity index (χ0n) is 14.7. The molecule has 117 valence electrons. The Kier molecular flexibility index (Phi) is 4.93. The maximum absolute atomic E-state index is 6.31. The Balaban J connectivity index is 2.15. The Bertz CT molecular complexity index is 624. The molecule has 2 heteroatoms. The van der Waals surface area contributed by atoms with Crippen molar-refractivity contribution in [2.24, 2.45) is 0 Å². The number of hydrogen-bond acceptors (Lipinski definition) is 1. The summed E-state index contributed by atoms with van der Waals surface area (Å²) in [5.41, 5.74) is 4.87.